The highest BCUT2D eigenvalue weighted by atomic mass is 16.5. The van der Waals surface area contributed by atoms with Crippen LogP contribution in [0.15, 0.2) is 0 Å². The third-order valence-corrected chi connectivity index (χ3v) is 2.81. The van der Waals surface area contributed by atoms with E-state index in [-0.39, 0.29) is 5.91 Å². The average Bonchev–Trinajstić information content (AvgIpc) is 2.26. The first-order chi connectivity index (χ1) is 7.72. The topological polar surface area (TPSA) is 67.6 Å². The predicted octanol–water partition coefficient (Wildman–Crippen LogP) is -0.438. The molecular formula is C11H23N3O2. The van der Waals surface area contributed by atoms with Gasteiger partial charge in [0, 0.05) is 39.1 Å². The average molecular weight is 229 g/mol. The highest BCUT2D eigenvalue weighted by Gasteiger charge is 2.18. The van der Waals surface area contributed by atoms with Crippen molar-refractivity contribution in [2.24, 2.45) is 5.73 Å². The fourth-order valence-electron chi connectivity index (χ4n) is 1.97. The maximum atomic E-state index is 10.9. The number of nitrogens with zero attached hydrogens (tertiary/aromatic N) is 1. The van der Waals surface area contributed by atoms with Crippen molar-refractivity contribution in [2.75, 3.05) is 39.4 Å². The first-order valence-electron chi connectivity index (χ1n) is 5.99. The molecule has 16 heavy (non-hydrogen) atoms. The Bertz CT molecular complexity index is 203. The molecule has 0 aromatic rings. The van der Waals surface area contributed by atoms with Gasteiger partial charge in [-0.15, -0.1) is 0 Å². The van der Waals surface area contributed by atoms with E-state index >= 15 is 0 Å². The Morgan fingerprint density at radius 2 is 2.12 bits per heavy atom. The lowest BCUT2D eigenvalue weighted by molar-refractivity contribution is -0.120. The number of nitrogens with two attached hydrogens (primary N) is 1. The predicted molar refractivity (Wildman–Crippen MR) is 63.2 cm³/mol. The quantitative estimate of drug-likeness (QED) is 0.606. The number of hydrogen-bond donors (Lipinski definition) is 2. The molecule has 1 rings (SSSR count). The molecule has 5 heteroatoms. The minimum absolute atomic E-state index is 0.0738. The Morgan fingerprint density at radius 1 is 1.44 bits per heavy atom. The van der Waals surface area contributed by atoms with E-state index in [0.717, 1.165) is 39.1 Å². The van der Waals surface area contributed by atoms with Gasteiger partial charge in [0.15, 0.2) is 0 Å². The summed E-state index contributed by atoms with van der Waals surface area (Å²) in [6.07, 6.45) is 2.08. The molecule has 0 spiro atoms. The van der Waals surface area contributed by atoms with Crippen molar-refractivity contribution < 1.29 is 9.53 Å². The number of ether oxygens (including phenoxy) is 1. The van der Waals surface area contributed by atoms with E-state index in [2.05, 4.69) is 10.2 Å². The summed E-state index contributed by atoms with van der Waals surface area (Å²) in [5.74, 6) is 0.0738. The fourth-order valence-corrected chi connectivity index (χ4v) is 1.97. The second kappa shape index (κ2) is 7.60. The standard InChI is InChI=1S/C11H23N3O2/c1-10(15)13-11-2-5-14(6-3-11)7-9-16-8-4-12/h11H,2-9,12H2,1H3,(H,13,15). The van der Waals surface area contributed by atoms with Crippen molar-refractivity contribution in [2.45, 2.75) is 25.8 Å². The van der Waals surface area contributed by atoms with Gasteiger partial charge in [-0.2, -0.15) is 0 Å². The molecule has 0 aromatic carbocycles. The molecule has 0 atom stereocenters. The van der Waals surface area contributed by atoms with Crippen LogP contribution in [-0.4, -0.2) is 56.2 Å². The van der Waals surface area contributed by atoms with Gasteiger partial charge >= 0.3 is 0 Å². The molecule has 0 radical (unpaired) electrons. The van der Waals surface area contributed by atoms with Crippen molar-refractivity contribution in [1.82, 2.24) is 10.2 Å². The van der Waals surface area contributed by atoms with Crippen molar-refractivity contribution in [3.8, 4) is 0 Å². The van der Waals surface area contributed by atoms with Crippen molar-refractivity contribution in [1.29, 1.82) is 0 Å². The Labute approximate surface area is 97.3 Å². The van der Waals surface area contributed by atoms with Crippen molar-refractivity contribution in [3.05, 3.63) is 0 Å². The second-order valence-electron chi connectivity index (χ2n) is 4.22. The van der Waals surface area contributed by atoms with Gasteiger partial charge in [0.25, 0.3) is 0 Å². The smallest absolute Gasteiger partial charge is 0.217 e. The highest BCUT2D eigenvalue weighted by molar-refractivity contribution is 5.73. The minimum Gasteiger partial charge on any atom is -0.379 e. The summed E-state index contributed by atoms with van der Waals surface area (Å²) < 4.78 is 5.34. The summed E-state index contributed by atoms with van der Waals surface area (Å²) in [4.78, 5) is 13.3. The molecule has 5 nitrogen and oxygen atoms in total. The molecule has 1 amide bonds. The number of hydrogen-bond acceptors (Lipinski definition) is 4. The van der Waals surface area contributed by atoms with E-state index in [4.69, 9.17) is 10.5 Å². The molecule has 0 bridgehead atoms. The zero-order valence-corrected chi connectivity index (χ0v) is 10.1. The molecule has 1 saturated heterocycles. The number of nitrogens with one attached hydrogen (secondary N) is 1. The molecule has 1 heterocycles. The normalized spacial score (nSPS) is 18.6. The number of likely N-dealkylation sites (tertiary alicyclic amines) is 1. The van der Waals surface area contributed by atoms with Gasteiger partial charge in [0.2, 0.25) is 5.91 Å². The largest absolute Gasteiger partial charge is 0.379 e. The van der Waals surface area contributed by atoms with Crippen LogP contribution >= 0.6 is 0 Å². The first-order valence-corrected chi connectivity index (χ1v) is 5.99. The third-order valence-electron chi connectivity index (χ3n) is 2.81. The van der Waals surface area contributed by atoms with Crippen LogP contribution < -0.4 is 11.1 Å². The fraction of sp³-hybridized carbons (Fsp3) is 0.909. The number of piperidine rings is 1. The van der Waals surface area contributed by atoms with E-state index in [9.17, 15) is 4.79 Å². The zero-order chi connectivity index (χ0) is 11.8. The van der Waals surface area contributed by atoms with Crippen LogP contribution in [0.2, 0.25) is 0 Å². The Morgan fingerprint density at radius 3 is 2.69 bits per heavy atom. The van der Waals surface area contributed by atoms with Crippen molar-refractivity contribution >= 4 is 5.91 Å². The maximum absolute atomic E-state index is 10.9. The van der Waals surface area contributed by atoms with E-state index in [0.29, 0.717) is 19.2 Å². The number of rotatable bonds is 6. The molecule has 1 aliphatic rings. The Balaban J connectivity index is 2.05. The lowest BCUT2D eigenvalue weighted by Gasteiger charge is -2.31. The van der Waals surface area contributed by atoms with E-state index in [1.807, 2.05) is 0 Å². The van der Waals surface area contributed by atoms with Gasteiger partial charge < -0.3 is 20.7 Å². The monoisotopic (exact) mass is 229 g/mol. The van der Waals surface area contributed by atoms with Gasteiger partial charge in [-0.3, -0.25) is 4.79 Å². The van der Waals surface area contributed by atoms with Crippen LogP contribution in [0, 0.1) is 0 Å². The van der Waals surface area contributed by atoms with Gasteiger partial charge in [0.05, 0.1) is 13.2 Å². The van der Waals surface area contributed by atoms with Crippen LogP contribution in [-0.2, 0) is 9.53 Å². The molecule has 1 aliphatic heterocycles. The summed E-state index contributed by atoms with van der Waals surface area (Å²) in [5.41, 5.74) is 5.33. The summed E-state index contributed by atoms with van der Waals surface area (Å²) in [7, 11) is 0. The molecule has 94 valence electrons. The highest BCUT2D eigenvalue weighted by Crippen LogP contribution is 2.09. The minimum atomic E-state index is 0.0738. The molecular weight excluding hydrogens is 206 g/mol. The van der Waals surface area contributed by atoms with E-state index < -0.39 is 0 Å². The van der Waals surface area contributed by atoms with E-state index in [1.54, 1.807) is 6.92 Å². The van der Waals surface area contributed by atoms with Gasteiger partial charge in [-0.05, 0) is 12.8 Å². The summed E-state index contributed by atoms with van der Waals surface area (Å²) in [6.45, 7) is 6.60. The zero-order valence-electron chi connectivity index (χ0n) is 10.1. The van der Waals surface area contributed by atoms with Crippen molar-refractivity contribution in [3.63, 3.8) is 0 Å². The number of amides is 1. The Kier molecular flexibility index (Phi) is 6.37. The number of carbonyl (C=O) groups excluding carboxylic acids is 1. The van der Waals surface area contributed by atoms with Crippen LogP contribution in [0.25, 0.3) is 0 Å². The van der Waals surface area contributed by atoms with Crippen LogP contribution in [0.3, 0.4) is 0 Å². The van der Waals surface area contributed by atoms with Crippen LogP contribution in [0.4, 0.5) is 0 Å². The Hall–Kier alpha value is -0.650. The molecule has 0 unspecified atom stereocenters. The number of carbonyl (C=O) groups is 1. The van der Waals surface area contributed by atoms with Gasteiger partial charge in [0.1, 0.15) is 0 Å². The SMILES string of the molecule is CC(=O)NC1CCN(CCOCCN)CC1. The lowest BCUT2D eigenvalue weighted by atomic mass is 10.1. The summed E-state index contributed by atoms with van der Waals surface area (Å²) in [5, 5.41) is 2.97. The maximum Gasteiger partial charge on any atom is 0.217 e. The second-order valence-corrected chi connectivity index (χ2v) is 4.22. The summed E-state index contributed by atoms with van der Waals surface area (Å²) >= 11 is 0. The molecule has 0 aromatic heterocycles. The van der Waals surface area contributed by atoms with Gasteiger partial charge in [-0.1, -0.05) is 0 Å². The molecule has 1 fully saturated rings. The summed E-state index contributed by atoms with van der Waals surface area (Å²) in [6, 6.07) is 0.360. The first kappa shape index (κ1) is 13.4. The lowest BCUT2D eigenvalue weighted by Crippen LogP contribution is -2.44. The molecule has 3 N–H and O–H groups in total. The van der Waals surface area contributed by atoms with E-state index in [1.165, 1.54) is 0 Å². The molecule has 0 aliphatic carbocycles. The van der Waals surface area contributed by atoms with Gasteiger partial charge in [-0.25, -0.2) is 0 Å². The molecule has 0 saturated carbocycles. The van der Waals surface area contributed by atoms with Crippen LogP contribution in [0.5, 0.6) is 0 Å². The van der Waals surface area contributed by atoms with Crippen LogP contribution in [0.1, 0.15) is 19.8 Å². The third kappa shape index (κ3) is 5.44.